The van der Waals surface area contributed by atoms with Crippen LogP contribution in [0.15, 0.2) is 72.8 Å². The van der Waals surface area contributed by atoms with E-state index in [1.807, 2.05) is 75.4 Å². The largest absolute Gasteiger partial charge is 0.497 e. The Balaban J connectivity index is 1.66. The summed E-state index contributed by atoms with van der Waals surface area (Å²) in [6, 6.07) is 13.0. The Morgan fingerprint density at radius 3 is 2.52 bits per heavy atom. The number of ether oxygens (including phenoxy) is 3. The van der Waals surface area contributed by atoms with E-state index in [4.69, 9.17) is 14.2 Å². The highest BCUT2D eigenvalue weighted by Gasteiger charge is 2.32. The minimum Gasteiger partial charge on any atom is -0.497 e. The third kappa shape index (κ3) is 10.1. The van der Waals surface area contributed by atoms with Gasteiger partial charge in [0.15, 0.2) is 0 Å². The number of rotatable bonds is 11. The van der Waals surface area contributed by atoms with Gasteiger partial charge in [0.25, 0.3) is 0 Å². The standard InChI is InChI=1S/C36H47NO7/c1-24-13-9-10-17-31(44-36(41)34-28(22-30(24)38)21-29(42-4)23-32(34)43-5)26(3)35(40)25(2)14-11-12-20-37-33(39)19-18-27-15-7-6-8-16-27/h6-12,15-16,18-19,21,23-26,30-31,35,38,40H,13-14,17,20,22H2,1-5H3,(H,37,39)/b10-9-,12-11-,19-18+/t24-,25+,26+,30+,31-,35+/m0/s1. The maximum absolute atomic E-state index is 13.6. The second kappa shape index (κ2) is 17.4. The fourth-order valence-corrected chi connectivity index (χ4v) is 5.23. The quantitative estimate of drug-likeness (QED) is 0.175. The fraction of sp³-hybridized carbons (Fsp3) is 0.444. The average Bonchev–Trinajstić information content (AvgIpc) is 3.03. The first kappa shape index (κ1) is 34.6. The van der Waals surface area contributed by atoms with Crippen molar-refractivity contribution in [2.75, 3.05) is 20.8 Å². The smallest absolute Gasteiger partial charge is 0.342 e. The predicted molar refractivity (Wildman–Crippen MR) is 173 cm³/mol. The highest BCUT2D eigenvalue weighted by atomic mass is 16.5. The molecule has 2 aromatic rings. The van der Waals surface area contributed by atoms with E-state index in [1.165, 1.54) is 20.3 Å². The van der Waals surface area contributed by atoms with Gasteiger partial charge in [-0.25, -0.2) is 4.79 Å². The number of carbonyl (C=O) groups excluding carboxylic acids is 2. The highest BCUT2D eigenvalue weighted by molar-refractivity contribution is 5.95. The SMILES string of the molecule is COc1cc2c(c(OC)c1)C(=O)O[C@H]([C@@H](C)[C@H](O)[C@H](C)C/C=C\CNC(=O)/C=C/c1ccccc1)C/C=C\C[C@H](C)[C@H](O)C2. The molecule has 0 aliphatic carbocycles. The molecular formula is C36H47NO7. The van der Waals surface area contributed by atoms with Crippen molar-refractivity contribution in [2.24, 2.45) is 17.8 Å². The van der Waals surface area contributed by atoms with Gasteiger partial charge < -0.3 is 29.7 Å². The first-order valence-electron chi connectivity index (χ1n) is 15.3. The number of esters is 1. The maximum atomic E-state index is 13.6. The minimum atomic E-state index is -0.750. The number of nitrogens with one attached hydrogen (secondary N) is 1. The lowest BCUT2D eigenvalue weighted by atomic mass is 9.85. The van der Waals surface area contributed by atoms with Crippen LogP contribution in [0.3, 0.4) is 0 Å². The van der Waals surface area contributed by atoms with Crippen molar-refractivity contribution in [3.63, 3.8) is 0 Å². The number of hydrogen-bond acceptors (Lipinski definition) is 7. The van der Waals surface area contributed by atoms with E-state index in [9.17, 15) is 19.8 Å². The normalized spacial score (nSPS) is 22.2. The number of amides is 1. The van der Waals surface area contributed by atoms with Crippen molar-refractivity contribution >= 4 is 18.0 Å². The van der Waals surface area contributed by atoms with Crippen LogP contribution in [0.1, 0.15) is 61.5 Å². The summed E-state index contributed by atoms with van der Waals surface area (Å²) in [7, 11) is 3.01. The number of allylic oxidation sites excluding steroid dienone is 2. The molecule has 0 saturated carbocycles. The van der Waals surface area contributed by atoms with Crippen LogP contribution in [0.4, 0.5) is 0 Å². The Bertz CT molecular complexity index is 1300. The molecule has 0 spiro atoms. The van der Waals surface area contributed by atoms with Crippen LogP contribution in [0, 0.1) is 17.8 Å². The van der Waals surface area contributed by atoms with E-state index in [0.29, 0.717) is 42.9 Å². The lowest BCUT2D eigenvalue weighted by Crippen LogP contribution is -2.37. The Morgan fingerprint density at radius 2 is 1.82 bits per heavy atom. The minimum absolute atomic E-state index is 0.0373. The van der Waals surface area contributed by atoms with Crippen molar-refractivity contribution in [2.45, 2.75) is 64.8 Å². The van der Waals surface area contributed by atoms with Crippen LogP contribution in [-0.2, 0) is 16.0 Å². The zero-order chi connectivity index (χ0) is 32.1. The molecule has 8 nitrogen and oxygen atoms in total. The van der Waals surface area contributed by atoms with E-state index in [2.05, 4.69) is 5.32 Å². The molecule has 238 valence electrons. The van der Waals surface area contributed by atoms with Gasteiger partial charge in [0.1, 0.15) is 23.2 Å². The second-order valence-corrected chi connectivity index (χ2v) is 11.5. The van der Waals surface area contributed by atoms with Gasteiger partial charge in [-0.1, -0.05) is 75.4 Å². The molecule has 2 aromatic carbocycles. The van der Waals surface area contributed by atoms with E-state index >= 15 is 0 Å². The summed E-state index contributed by atoms with van der Waals surface area (Å²) in [5.74, 6) is -0.450. The molecule has 6 atom stereocenters. The molecule has 0 fully saturated rings. The molecule has 0 radical (unpaired) electrons. The first-order chi connectivity index (χ1) is 21.1. The molecule has 0 bridgehead atoms. The van der Waals surface area contributed by atoms with E-state index in [1.54, 1.807) is 18.2 Å². The van der Waals surface area contributed by atoms with Gasteiger partial charge >= 0.3 is 5.97 Å². The van der Waals surface area contributed by atoms with E-state index in [0.717, 1.165) is 5.56 Å². The summed E-state index contributed by atoms with van der Waals surface area (Å²) >= 11 is 0. The lowest BCUT2D eigenvalue weighted by Gasteiger charge is -2.31. The number of cyclic esters (lactones) is 1. The number of fused-ring (bicyclic) bond motifs is 1. The van der Waals surface area contributed by atoms with Gasteiger partial charge in [0, 0.05) is 31.0 Å². The third-order valence-corrected chi connectivity index (χ3v) is 8.21. The number of carbonyl (C=O) groups is 2. The van der Waals surface area contributed by atoms with Gasteiger partial charge in [-0.3, -0.25) is 4.79 Å². The van der Waals surface area contributed by atoms with Crippen LogP contribution in [0.25, 0.3) is 6.08 Å². The van der Waals surface area contributed by atoms with Gasteiger partial charge in [-0.05, 0) is 54.4 Å². The van der Waals surface area contributed by atoms with Crippen LogP contribution < -0.4 is 14.8 Å². The van der Waals surface area contributed by atoms with E-state index in [-0.39, 0.29) is 35.6 Å². The third-order valence-electron chi connectivity index (χ3n) is 8.21. The van der Waals surface area contributed by atoms with Gasteiger partial charge in [-0.2, -0.15) is 0 Å². The molecule has 1 aliphatic heterocycles. The highest BCUT2D eigenvalue weighted by Crippen LogP contribution is 2.33. The molecule has 1 amide bonds. The van der Waals surface area contributed by atoms with Crippen LogP contribution in [-0.4, -0.2) is 61.2 Å². The van der Waals surface area contributed by atoms with Crippen LogP contribution >= 0.6 is 0 Å². The number of aliphatic hydroxyl groups excluding tert-OH is 2. The Kier molecular flexibility index (Phi) is 13.7. The Morgan fingerprint density at radius 1 is 1.09 bits per heavy atom. The fourth-order valence-electron chi connectivity index (χ4n) is 5.23. The molecule has 44 heavy (non-hydrogen) atoms. The van der Waals surface area contributed by atoms with Gasteiger partial charge in [0.2, 0.25) is 5.91 Å². The van der Waals surface area contributed by atoms with Crippen LogP contribution in [0.2, 0.25) is 0 Å². The zero-order valence-electron chi connectivity index (χ0n) is 26.4. The van der Waals surface area contributed by atoms with Crippen LogP contribution in [0.5, 0.6) is 11.5 Å². The van der Waals surface area contributed by atoms with Gasteiger partial charge in [-0.15, -0.1) is 0 Å². The van der Waals surface area contributed by atoms with Crippen molar-refractivity contribution < 1.29 is 34.0 Å². The van der Waals surface area contributed by atoms with Crippen molar-refractivity contribution in [1.82, 2.24) is 5.32 Å². The molecule has 0 aromatic heterocycles. The van der Waals surface area contributed by atoms with Gasteiger partial charge in [0.05, 0.1) is 26.4 Å². The summed E-state index contributed by atoms with van der Waals surface area (Å²) < 4.78 is 17.0. The number of methoxy groups -OCH3 is 2. The van der Waals surface area contributed by atoms with Crippen molar-refractivity contribution in [3.8, 4) is 11.5 Å². The number of benzene rings is 2. The topological polar surface area (TPSA) is 114 Å². The summed E-state index contributed by atoms with van der Waals surface area (Å²) in [6.45, 7) is 6.19. The second-order valence-electron chi connectivity index (χ2n) is 11.5. The molecule has 1 heterocycles. The molecular weight excluding hydrogens is 558 g/mol. The van der Waals surface area contributed by atoms with Crippen molar-refractivity contribution in [3.05, 3.63) is 89.5 Å². The maximum Gasteiger partial charge on any atom is 0.342 e. The lowest BCUT2D eigenvalue weighted by molar-refractivity contribution is -0.116. The Hall–Kier alpha value is -3.88. The number of aliphatic hydroxyl groups is 2. The molecule has 0 saturated heterocycles. The summed E-state index contributed by atoms with van der Waals surface area (Å²) in [5.41, 5.74) is 1.80. The summed E-state index contributed by atoms with van der Waals surface area (Å²) in [5, 5.41) is 25.0. The number of hydrogen-bond donors (Lipinski definition) is 3. The molecule has 3 rings (SSSR count). The van der Waals surface area contributed by atoms with E-state index < -0.39 is 24.3 Å². The molecule has 0 unspecified atom stereocenters. The summed E-state index contributed by atoms with van der Waals surface area (Å²) in [6.07, 6.45) is 10.9. The molecule has 3 N–H and O–H groups in total. The molecule has 8 heteroatoms. The average molecular weight is 606 g/mol. The Labute approximate surface area is 261 Å². The monoisotopic (exact) mass is 605 g/mol. The zero-order valence-corrected chi connectivity index (χ0v) is 26.4. The van der Waals surface area contributed by atoms with Crippen molar-refractivity contribution in [1.29, 1.82) is 0 Å². The first-order valence-corrected chi connectivity index (χ1v) is 15.3. The summed E-state index contributed by atoms with van der Waals surface area (Å²) in [4.78, 5) is 25.7. The predicted octanol–water partition coefficient (Wildman–Crippen LogP) is 5.53. The molecule has 1 aliphatic rings.